The Morgan fingerprint density at radius 2 is 1.95 bits per heavy atom. The van der Waals surface area contributed by atoms with Gasteiger partial charge in [0.05, 0.1) is 10.8 Å². The van der Waals surface area contributed by atoms with Crippen LogP contribution in [0.25, 0.3) is 0 Å². The molecular weight excluding hydrogens is 284 g/mol. The first kappa shape index (κ1) is 15.9. The number of hydrogen-bond acceptors (Lipinski definition) is 5. The van der Waals surface area contributed by atoms with Crippen LogP contribution in [0.1, 0.15) is 13.3 Å². The predicted octanol–water partition coefficient (Wildman–Crippen LogP) is 0.0451. The van der Waals surface area contributed by atoms with Gasteiger partial charge in [-0.1, -0.05) is 12.1 Å². The minimum atomic E-state index is -3.77. The molecule has 1 aromatic rings. The zero-order valence-corrected chi connectivity index (χ0v) is 11.6. The molecular formula is C11H16N4O4S. The monoisotopic (exact) mass is 300 g/mol. The highest BCUT2D eigenvalue weighted by Crippen LogP contribution is 2.14. The van der Waals surface area contributed by atoms with Crippen LogP contribution in [0, 0.1) is 5.92 Å². The van der Waals surface area contributed by atoms with Gasteiger partial charge in [0.25, 0.3) is 0 Å². The number of anilines is 1. The molecule has 1 rings (SSSR count). The van der Waals surface area contributed by atoms with Crippen molar-refractivity contribution in [3.05, 3.63) is 24.3 Å². The molecule has 0 aliphatic heterocycles. The fourth-order valence-electron chi connectivity index (χ4n) is 1.56. The van der Waals surface area contributed by atoms with Crippen molar-refractivity contribution >= 4 is 27.5 Å². The van der Waals surface area contributed by atoms with Gasteiger partial charge in [-0.05, 0) is 30.7 Å². The molecule has 8 nitrogen and oxygen atoms in total. The summed E-state index contributed by atoms with van der Waals surface area (Å²) in [6.45, 7) is 1.71. The van der Waals surface area contributed by atoms with E-state index in [-0.39, 0.29) is 10.7 Å². The number of nitrogens with two attached hydrogens (primary N) is 2. The number of rotatable bonds is 5. The number of nitrogens with one attached hydrogen (secondary N) is 1. The van der Waals surface area contributed by atoms with E-state index in [9.17, 15) is 13.2 Å². The van der Waals surface area contributed by atoms with Gasteiger partial charge >= 0.3 is 0 Å². The number of benzene rings is 1. The van der Waals surface area contributed by atoms with Gasteiger partial charge in [0, 0.05) is 5.69 Å². The van der Waals surface area contributed by atoms with E-state index in [0.717, 1.165) is 0 Å². The van der Waals surface area contributed by atoms with E-state index in [1.54, 1.807) is 6.92 Å². The van der Waals surface area contributed by atoms with Gasteiger partial charge in [-0.3, -0.25) is 4.79 Å². The van der Waals surface area contributed by atoms with Crippen LogP contribution >= 0.6 is 0 Å². The van der Waals surface area contributed by atoms with Gasteiger partial charge in [0.1, 0.15) is 0 Å². The molecule has 0 radical (unpaired) electrons. The van der Waals surface area contributed by atoms with E-state index in [1.165, 1.54) is 24.3 Å². The average Bonchev–Trinajstić information content (AvgIpc) is 2.38. The van der Waals surface area contributed by atoms with E-state index in [0.29, 0.717) is 12.1 Å². The van der Waals surface area contributed by atoms with Crippen molar-refractivity contribution in [2.24, 2.45) is 21.9 Å². The molecule has 0 aromatic heterocycles. The maximum atomic E-state index is 11.9. The second-order valence-electron chi connectivity index (χ2n) is 4.04. The van der Waals surface area contributed by atoms with Crippen molar-refractivity contribution in [1.82, 2.24) is 0 Å². The number of amides is 1. The van der Waals surface area contributed by atoms with E-state index >= 15 is 0 Å². The second-order valence-corrected chi connectivity index (χ2v) is 5.61. The SMILES string of the molecule is CCC(C(=O)Nc1ccc(S(N)(=O)=O)cc1)C(N)=NO. The maximum absolute atomic E-state index is 11.9. The second kappa shape index (κ2) is 6.35. The zero-order valence-electron chi connectivity index (χ0n) is 10.8. The summed E-state index contributed by atoms with van der Waals surface area (Å²) in [5.41, 5.74) is 5.79. The Labute approximate surface area is 116 Å². The third-order valence-corrected chi connectivity index (χ3v) is 3.58. The molecule has 1 unspecified atom stereocenters. The van der Waals surface area contributed by atoms with Gasteiger partial charge in [-0.15, -0.1) is 0 Å². The number of hydrogen-bond donors (Lipinski definition) is 4. The Balaban J connectivity index is 2.86. The fourth-order valence-corrected chi connectivity index (χ4v) is 2.07. The summed E-state index contributed by atoms with van der Waals surface area (Å²) < 4.78 is 22.2. The third-order valence-electron chi connectivity index (χ3n) is 2.65. The quantitative estimate of drug-likeness (QED) is 0.262. The standard InChI is InChI=1S/C11H16N4O4S/c1-2-9(10(12)15-17)11(16)14-7-3-5-8(6-4-7)20(13,18)19/h3-6,9,17H,2H2,1H3,(H2,12,15)(H,14,16)(H2,13,18,19). The topological polar surface area (TPSA) is 148 Å². The molecule has 0 saturated carbocycles. The normalized spacial score (nSPS) is 13.8. The molecule has 1 atom stereocenters. The molecule has 0 bridgehead atoms. The molecule has 9 heteroatoms. The minimum absolute atomic E-state index is 0.0565. The Hall–Kier alpha value is -2.13. The van der Waals surface area contributed by atoms with Crippen LogP contribution in [0.15, 0.2) is 34.3 Å². The summed E-state index contributed by atoms with van der Waals surface area (Å²) >= 11 is 0. The summed E-state index contributed by atoms with van der Waals surface area (Å²) in [7, 11) is -3.77. The highest BCUT2D eigenvalue weighted by atomic mass is 32.2. The number of carbonyl (C=O) groups is 1. The Morgan fingerprint density at radius 1 is 1.40 bits per heavy atom. The maximum Gasteiger partial charge on any atom is 0.238 e. The summed E-state index contributed by atoms with van der Waals surface area (Å²) in [5.74, 6) is -1.41. The van der Waals surface area contributed by atoms with Gasteiger partial charge < -0.3 is 16.3 Å². The van der Waals surface area contributed by atoms with Gasteiger partial charge in [0.2, 0.25) is 15.9 Å². The first-order chi connectivity index (χ1) is 9.29. The molecule has 0 saturated heterocycles. The Kier molecular flexibility index (Phi) is 5.06. The lowest BCUT2D eigenvalue weighted by molar-refractivity contribution is -0.118. The first-order valence-electron chi connectivity index (χ1n) is 5.70. The van der Waals surface area contributed by atoms with Crippen molar-refractivity contribution in [1.29, 1.82) is 0 Å². The predicted molar refractivity (Wildman–Crippen MR) is 73.6 cm³/mol. The number of carbonyl (C=O) groups excluding carboxylic acids is 1. The van der Waals surface area contributed by atoms with E-state index in [4.69, 9.17) is 16.1 Å². The molecule has 0 spiro atoms. The van der Waals surface area contributed by atoms with Crippen LogP contribution in [0.4, 0.5) is 5.69 Å². The smallest absolute Gasteiger partial charge is 0.238 e. The van der Waals surface area contributed by atoms with Crippen LogP contribution in [-0.4, -0.2) is 25.4 Å². The van der Waals surface area contributed by atoms with E-state index < -0.39 is 21.8 Å². The van der Waals surface area contributed by atoms with Crippen molar-refractivity contribution in [3.8, 4) is 0 Å². The summed E-state index contributed by atoms with van der Waals surface area (Å²) in [5, 5.41) is 18.9. The van der Waals surface area contributed by atoms with Gasteiger partial charge in [-0.25, -0.2) is 13.6 Å². The molecule has 0 aliphatic carbocycles. The third kappa shape index (κ3) is 3.93. The number of amidine groups is 1. The Bertz CT molecular complexity index is 610. The molecule has 1 amide bonds. The molecule has 0 fully saturated rings. The molecule has 1 aromatic carbocycles. The van der Waals surface area contributed by atoms with Crippen LogP contribution in [0.5, 0.6) is 0 Å². The zero-order chi connectivity index (χ0) is 15.3. The van der Waals surface area contributed by atoms with E-state index in [2.05, 4.69) is 10.5 Å². The highest BCUT2D eigenvalue weighted by Gasteiger charge is 2.21. The largest absolute Gasteiger partial charge is 0.409 e. The minimum Gasteiger partial charge on any atom is -0.409 e. The van der Waals surface area contributed by atoms with E-state index in [1.807, 2.05) is 0 Å². The lowest BCUT2D eigenvalue weighted by atomic mass is 10.0. The number of oxime groups is 1. The number of primary sulfonamides is 1. The van der Waals surface area contributed by atoms with Crippen molar-refractivity contribution in [3.63, 3.8) is 0 Å². The lowest BCUT2D eigenvalue weighted by Crippen LogP contribution is -2.34. The summed E-state index contributed by atoms with van der Waals surface area (Å²) in [6.07, 6.45) is 0.358. The first-order valence-corrected chi connectivity index (χ1v) is 7.25. The van der Waals surface area contributed by atoms with Gasteiger partial charge in [0.15, 0.2) is 5.84 Å². The summed E-state index contributed by atoms with van der Waals surface area (Å²) in [4.78, 5) is 11.8. The molecule has 110 valence electrons. The van der Waals surface area contributed by atoms with Crippen molar-refractivity contribution in [2.75, 3.05) is 5.32 Å². The number of nitrogens with zero attached hydrogens (tertiary/aromatic N) is 1. The molecule has 0 heterocycles. The van der Waals surface area contributed by atoms with Crippen molar-refractivity contribution in [2.45, 2.75) is 18.2 Å². The van der Waals surface area contributed by atoms with Crippen LogP contribution in [-0.2, 0) is 14.8 Å². The molecule has 0 aliphatic rings. The highest BCUT2D eigenvalue weighted by molar-refractivity contribution is 7.89. The summed E-state index contributed by atoms with van der Waals surface area (Å²) in [6, 6.07) is 5.35. The lowest BCUT2D eigenvalue weighted by Gasteiger charge is -2.13. The van der Waals surface area contributed by atoms with Crippen LogP contribution in [0.2, 0.25) is 0 Å². The average molecular weight is 300 g/mol. The molecule has 6 N–H and O–H groups in total. The van der Waals surface area contributed by atoms with Crippen molar-refractivity contribution < 1.29 is 18.4 Å². The number of sulfonamides is 1. The van der Waals surface area contributed by atoms with Crippen LogP contribution in [0.3, 0.4) is 0 Å². The Morgan fingerprint density at radius 3 is 2.35 bits per heavy atom. The molecule has 20 heavy (non-hydrogen) atoms. The van der Waals surface area contributed by atoms with Gasteiger partial charge in [-0.2, -0.15) is 0 Å². The fraction of sp³-hybridized carbons (Fsp3) is 0.273. The van der Waals surface area contributed by atoms with Crippen LogP contribution < -0.4 is 16.2 Å².